The van der Waals surface area contributed by atoms with E-state index in [2.05, 4.69) is 20.5 Å². The smallest absolute Gasteiger partial charge is 0.335 e. The van der Waals surface area contributed by atoms with E-state index in [1.807, 2.05) is 0 Å². The molecule has 19 heavy (non-hydrogen) atoms. The molecular weight excluding hydrogens is 272 g/mol. The molecule has 0 spiro atoms. The van der Waals surface area contributed by atoms with Gasteiger partial charge >= 0.3 is 5.22 Å². The predicted molar refractivity (Wildman–Crippen MR) is 62.8 cm³/mol. The van der Waals surface area contributed by atoms with E-state index in [1.54, 1.807) is 12.1 Å². The third-order valence-electron chi connectivity index (χ3n) is 2.11. The highest BCUT2D eigenvalue weighted by Crippen LogP contribution is 2.06. The van der Waals surface area contributed by atoms with Crippen LogP contribution < -0.4 is 5.32 Å². The highest BCUT2D eigenvalue weighted by molar-refractivity contribution is 7.90. The molecular formula is C10H10N4O4S. The van der Waals surface area contributed by atoms with E-state index in [0.717, 1.165) is 6.26 Å². The predicted octanol–water partition coefficient (Wildman–Crippen LogP) is -0.202. The molecule has 0 unspecified atom stereocenters. The molecule has 9 heteroatoms. The Morgan fingerprint density at radius 2 is 2.00 bits per heavy atom. The lowest BCUT2D eigenvalue weighted by Crippen LogP contribution is -2.22. The van der Waals surface area contributed by atoms with Crippen LogP contribution in [0.5, 0.6) is 0 Å². The van der Waals surface area contributed by atoms with Crippen molar-refractivity contribution in [2.24, 2.45) is 0 Å². The van der Waals surface area contributed by atoms with Crippen molar-refractivity contribution >= 4 is 15.7 Å². The molecule has 8 nitrogen and oxygen atoms in total. The molecule has 0 saturated carbocycles. The minimum absolute atomic E-state index is 0.0165. The molecule has 0 saturated heterocycles. The second-order valence-corrected chi connectivity index (χ2v) is 5.55. The second kappa shape index (κ2) is 5.14. The van der Waals surface area contributed by atoms with Crippen molar-refractivity contribution in [1.29, 1.82) is 0 Å². The quantitative estimate of drug-likeness (QED) is 0.825. The Kier molecular flexibility index (Phi) is 3.56. The highest BCUT2D eigenvalue weighted by Gasteiger charge is 2.16. The number of aromatic nitrogens is 3. The van der Waals surface area contributed by atoms with Crippen molar-refractivity contribution in [3.63, 3.8) is 0 Å². The van der Waals surface area contributed by atoms with E-state index in [-0.39, 0.29) is 18.3 Å². The summed E-state index contributed by atoms with van der Waals surface area (Å²) in [6, 6.07) is 3.09. The van der Waals surface area contributed by atoms with Crippen LogP contribution in [0.3, 0.4) is 0 Å². The molecule has 0 fully saturated rings. The van der Waals surface area contributed by atoms with Gasteiger partial charge in [-0.1, -0.05) is 5.10 Å². The number of hydrogen-bond donors (Lipinski definition) is 1. The Morgan fingerprint density at radius 3 is 2.58 bits per heavy atom. The van der Waals surface area contributed by atoms with E-state index < -0.39 is 15.1 Å². The molecule has 0 radical (unpaired) electrons. The Labute approximate surface area is 108 Å². The number of nitrogens with zero attached hydrogens (tertiary/aromatic N) is 3. The van der Waals surface area contributed by atoms with Crippen molar-refractivity contribution < 1.29 is 17.6 Å². The van der Waals surface area contributed by atoms with Gasteiger partial charge in [0.2, 0.25) is 15.7 Å². The van der Waals surface area contributed by atoms with Gasteiger partial charge in [-0.3, -0.25) is 9.78 Å². The highest BCUT2D eigenvalue weighted by atomic mass is 32.2. The van der Waals surface area contributed by atoms with Gasteiger partial charge in [0, 0.05) is 24.2 Å². The molecule has 0 bridgehead atoms. The van der Waals surface area contributed by atoms with E-state index >= 15 is 0 Å². The Hall–Kier alpha value is -2.29. The van der Waals surface area contributed by atoms with Gasteiger partial charge in [-0.05, 0) is 12.1 Å². The third-order valence-corrected chi connectivity index (χ3v) is 2.91. The Morgan fingerprint density at radius 1 is 1.32 bits per heavy atom. The summed E-state index contributed by atoms with van der Waals surface area (Å²) in [4.78, 5) is 15.5. The maximum atomic E-state index is 11.7. The van der Waals surface area contributed by atoms with Gasteiger partial charge in [0.25, 0.3) is 5.91 Å². The van der Waals surface area contributed by atoms with Gasteiger partial charge in [0.05, 0.1) is 6.54 Å². The fourth-order valence-electron chi connectivity index (χ4n) is 1.22. The van der Waals surface area contributed by atoms with Crippen molar-refractivity contribution in [1.82, 2.24) is 20.5 Å². The van der Waals surface area contributed by atoms with Gasteiger partial charge in [-0.2, -0.15) is 0 Å². The van der Waals surface area contributed by atoms with Crippen molar-refractivity contribution in [2.45, 2.75) is 11.8 Å². The van der Waals surface area contributed by atoms with Crippen LogP contribution in [-0.4, -0.2) is 35.8 Å². The zero-order valence-electron chi connectivity index (χ0n) is 9.90. The van der Waals surface area contributed by atoms with E-state index in [1.165, 1.54) is 12.4 Å². The molecule has 2 aromatic rings. The fourth-order valence-corrected chi connectivity index (χ4v) is 1.66. The largest absolute Gasteiger partial charge is 0.411 e. The number of hydrogen-bond acceptors (Lipinski definition) is 7. The molecule has 2 rings (SSSR count). The molecule has 0 aliphatic rings. The molecule has 0 aliphatic carbocycles. The van der Waals surface area contributed by atoms with Crippen LogP contribution in [0.4, 0.5) is 0 Å². The van der Waals surface area contributed by atoms with Crippen molar-refractivity contribution in [3.05, 3.63) is 36.0 Å². The maximum Gasteiger partial charge on any atom is 0.335 e. The molecule has 100 valence electrons. The molecule has 2 aromatic heterocycles. The SMILES string of the molecule is CS(=O)(=O)c1nnc(CNC(=O)c2ccncc2)o1. The van der Waals surface area contributed by atoms with Gasteiger partial charge in [0.1, 0.15) is 0 Å². The summed E-state index contributed by atoms with van der Waals surface area (Å²) in [6.07, 6.45) is 3.94. The van der Waals surface area contributed by atoms with Gasteiger partial charge < -0.3 is 9.73 Å². The second-order valence-electron chi connectivity index (χ2n) is 3.65. The van der Waals surface area contributed by atoms with Crippen LogP contribution in [0.25, 0.3) is 0 Å². The maximum absolute atomic E-state index is 11.7. The normalized spacial score (nSPS) is 11.2. The van der Waals surface area contributed by atoms with Crippen LogP contribution in [0.15, 0.2) is 34.2 Å². The first-order chi connectivity index (χ1) is 8.97. The number of carbonyl (C=O) groups is 1. The standard InChI is InChI=1S/C10H10N4O4S/c1-19(16,17)10-14-13-8(18-10)6-12-9(15)7-2-4-11-5-3-7/h2-5H,6H2,1H3,(H,12,15). The number of sulfone groups is 1. The average molecular weight is 282 g/mol. The summed E-state index contributed by atoms with van der Waals surface area (Å²) in [7, 11) is -3.53. The molecule has 0 aliphatic heterocycles. The molecule has 2 heterocycles. The lowest BCUT2D eigenvalue weighted by atomic mass is 10.2. The van der Waals surface area contributed by atoms with E-state index in [4.69, 9.17) is 4.42 Å². The first kappa shape index (κ1) is 13.1. The molecule has 0 atom stereocenters. The number of rotatable bonds is 4. The van der Waals surface area contributed by atoms with Crippen LogP contribution in [0, 0.1) is 0 Å². The van der Waals surface area contributed by atoms with Crippen molar-refractivity contribution in [3.8, 4) is 0 Å². The summed E-state index contributed by atoms with van der Waals surface area (Å²) in [6.45, 7) is -0.0519. The van der Waals surface area contributed by atoms with Crippen LogP contribution in [-0.2, 0) is 16.4 Å². The molecule has 1 N–H and O–H groups in total. The summed E-state index contributed by atoms with van der Waals surface area (Å²) in [5.41, 5.74) is 0.429. The zero-order valence-corrected chi connectivity index (χ0v) is 10.7. The summed E-state index contributed by atoms with van der Waals surface area (Å²) < 4.78 is 27.1. The first-order valence-electron chi connectivity index (χ1n) is 5.17. The minimum atomic E-state index is -3.53. The number of carbonyl (C=O) groups excluding carboxylic acids is 1. The number of nitrogens with one attached hydrogen (secondary N) is 1. The van der Waals surface area contributed by atoms with Gasteiger partial charge in [0.15, 0.2) is 0 Å². The lowest BCUT2D eigenvalue weighted by molar-refractivity contribution is 0.0946. The minimum Gasteiger partial charge on any atom is -0.411 e. The summed E-state index contributed by atoms with van der Waals surface area (Å²) in [5.74, 6) is -0.329. The average Bonchev–Trinajstić information content (AvgIpc) is 2.86. The van der Waals surface area contributed by atoms with Crippen LogP contribution in [0.1, 0.15) is 16.2 Å². The van der Waals surface area contributed by atoms with Crippen LogP contribution >= 0.6 is 0 Å². The van der Waals surface area contributed by atoms with Crippen LogP contribution in [0.2, 0.25) is 0 Å². The topological polar surface area (TPSA) is 115 Å². The molecule has 1 amide bonds. The third kappa shape index (κ3) is 3.35. The Balaban J connectivity index is 2.00. The summed E-state index contributed by atoms with van der Waals surface area (Å²) >= 11 is 0. The lowest BCUT2D eigenvalue weighted by Gasteiger charge is -2.01. The summed E-state index contributed by atoms with van der Waals surface area (Å²) in [5, 5.41) is 8.95. The fraction of sp³-hybridized carbons (Fsp3) is 0.200. The van der Waals surface area contributed by atoms with Gasteiger partial charge in [-0.15, -0.1) is 5.10 Å². The van der Waals surface area contributed by atoms with E-state index in [9.17, 15) is 13.2 Å². The molecule has 0 aromatic carbocycles. The Bertz CT molecular complexity index is 681. The number of pyridine rings is 1. The monoisotopic (exact) mass is 282 g/mol. The van der Waals surface area contributed by atoms with Crippen molar-refractivity contribution in [2.75, 3.05) is 6.26 Å². The van der Waals surface area contributed by atoms with E-state index in [0.29, 0.717) is 5.56 Å². The number of amides is 1. The van der Waals surface area contributed by atoms with Gasteiger partial charge in [-0.25, -0.2) is 8.42 Å². The zero-order chi connectivity index (χ0) is 13.9. The first-order valence-corrected chi connectivity index (χ1v) is 7.06.